The van der Waals surface area contributed by atoms with E-state index in [-0.39, 0.29) is 6.10 Å². The maximum absolute atomic E-state index is 11.9. The first-order valence-electron chi connectivity index (χ1n) is 8.53. The van der Waals surface area contributed by atoms with Gasteiger partial charge in [-0.2, -0.15) is 0 Å². The minimum atomic E-state index is -0.522. The van der Waals surface area contributed by atoms with Crippen molar-refractivity contribution in [1.29, 1.82) is 0 Å². The second-order valence-corrected chi connectivity index (χ2v) is 7.08. The second-order valence-electron chi connectivity index (χ2n) is 7.08. The van der Waals surface area contributed by atoms with Gasteiger partial charge in [-0.25, -0.2) is 9.78 Å². The molecule has 6 heteroatoms. The smallest absolute Gasteiger partial charge is 0.407 e. The number of hydrogen-bond donors (Lipinski definition) is 1. The molecule has 0 saturated carbocycles. The van der Waals surface area contributed by atoms with Crippen LogP contribution in [-0.2, 0) is 15.9 Å². The molecular weight excluding hydrogens is 320 g/mol. The van der Waals surface area contributed by atoms with Crippen molar-refractivity contribution in [1.82, 2.24) is 10.3 Å². The Kier molecular flexibility index (Phi) is 5.08. The number of carbonyl (C=O) groups excluding carboxylic acids is 1. The fourth-order valence-electron chi connectivity index (χ4n) is 2.99. The lowest BCUT2D eigenvalue weighted by molar-refractivity contribution is 0.0359. The largest absolute Gasteiger partial charge is 0.444 e. The molecule has 25 heavy (non-hydrogen) atoms. The van der Waals surface area contributed by atoms with Gasteiger partial charge in [-0.15, -0.1) is 0 Å². The number of carbonyl (C=O) groups is 1. The van der Waals surface area contributed by atoms with Crippen molar-refractivity contribution in [2.45, 2.75) is 45.3 Å². The summed E-state index contributed by atoms with van der Waals surface area (Å²) < 4.78 is 16.7. The molecule has 0 radical (unpaired) electrons. The van der Waals surface area contributed by atoms with E-state index in [4.69, 9.17) is 13.9 Å². The molecule has 3 rings (SSSR count). The topological polar surface area (TPSA) is 73.6 Å². The third kappa shape index (κ3) is 4.39. The van der Waals surface area contributed by atoms with Gasteiger partial charge in [0.05, 0.1) is 12.7 Å². The standard InChI is InChI=1S/C19H24N2O4/c1-19(2,3)25-18(22)21-11-17-15-7-4-6-14(16-10-20-12-24-16)13(15)8-5-9-23-17/h4,6-7,10,12,17H,5,8-9,11H2,1-3H3,(H,21,22). The van der Waals surface area contributed by atoms with Gasteiger partial charge in [-0.1, -0.05) is 18.2 Å². The normalized spacial score (nSPS) is 17.5. The Morgan fingerprint density at radius 2 is 2.24 bits per heavy atom. The van der Waals surface area contributed by atoms with Gasteiger partial charge in [0, 0.05) is 12.2 Å². The average molecular weight is 344 g/mol. The van der Waals surface area contributed by atoms with E-state index in [2.05, 4.69) is 10.3 Å². The third-order valence-electron chi connectivity index (χ3n) is 3.98. The summed E-state index contributed by atoms with van der Waals surface area (Å²) in [4.78, 5) is 16.0. The van der Waals surface area contributed by atoms with Gasteiger partial charge in [0.25, 0.3) is 0 Å². The molecular formula is C19H24N2O4. The van der Waals surface area contributed by atoms with Gasteiger partial charge in [0.15, 0.2) is 12.2 Å². The molecule has 1 aromatic heterocycles. The van der Waals surface area contributed by atoms with E-state index in [1.165, 1.54) is 12.0 Å². The van der Waals surface area contributed by atoms with E-state index in [0.29, 0.717) is 13.2 Å². The minimum absolute atomic E-state index is 0.215. The van der Waals surface area contributed by atoms with Crippen molar-refractivity contribution in [3.05, 3.63) is 41.9 Å². The van der Waals surface area contributed by atoms with Crippen LogP contribution in [-0.4, -0.2) is 29.8 Å². The summed E-state index contributed by atoms with van der Waals surface area (Å²) in [6.45, 7) is 6.53. The molecule has 1 aromatic carbocycles. The van der Waals surface area contributed by atoms with Crippen LogP contribution in [0.4, 0.5) is 4.79 Å². The van der Waals surface area contributed by atoms with E-state index < -0.39 is 11.7 Å². The summed E-state index contributed by atoms with van der Waals surface area (Å²) in [5.74, 6) is 0.748. The molecule has 1 aliphatic heterocycles. The molecule has 2 heterocycles. The van der Waals surface area contributed by atoms with Crippen LogP contribution in [0.3, 0.4) is 0 Å². The number of aromatic nitrogens is 1. The fraction of sp³-hybridized carbons (Fsp3) is 0.474. The number of oxazole rings is 1. The predicted octanol–water partition coefficient (Wildman–Crippen LogP) is 3.87. The molecule has 1 N–H and O–H groups in total. The summed E-state index contributed by atoms with van der Waals surface area (Å²) in [6, 6.07) is 6.05. The maximum Gasteiger partial charge on any atom is 0.407 e. The van der Waals surface area contributed by atoms with Crippen molar-refractivity contribution < 1.29 is 18.7 Å². The second kappa shape index (κ2) is 7.27. The van der Waals surface area contributed by atoms with Gasteiger partial charge in [-0.05, 0) is 44.7 Å². The summed E-state index contributed by atoms with van der Waals surface area (Å²) in [7, 11) is 0. The molecule has 0 saturated heterocycles. The summed E-state index contributed by atoms with van der Waals surface area (Å²) in [5, 5.41) is 2.81. The van der Waals surface area contributed by atoms with Crippen molar-refractivity contribution >= 4 is 6.09 Å². The summed E-state index contributed by atoms with van der Waals surface area (Å²) >= 11 is 0. The first-order valence-corrected chi connectivity index (χ1v) is 8.53. The summed E-state index contributed by atoms with van der Waals surface area (Å²) in [6.07, 6.45) is 4.32. The Morgan fingerprint density at radius 1 is 1.40 bits per heavy atom. The van der Waals surface area contributed by atoms with Crippen molar-refractivity contribution in [3.8, 4) is 11.3 Å². The average Bonchev–Trinajstić information content (AvgIpc) is 2.99. The molecule has 134 valence electrons. The van der Waals surface area contributed by atoms with Crippen LogP contribution in [0.15, 0.2) is 35.2 Å². The Bertz CT molecular complexity index is 720. The first-order chi connectivity index (χ1) is 11.9. The minimum Gasteiger partial charge on any atom is -0.444 e. The molecule has 1 aliphatic rings. The number of fused-ring (bicyclic) bond motifs is 1. The number of hydrogen-bond acceptors (Lipinski definition) is 5. The quantitative estimate of drug-likeness (QED) is 0.915. The van der Waals surface area contributed by atoms with Crippen molar-refractivity contribution in [2.75, 3.05) is 13.2 Å². The monoisotopic (exact) mass is 344 g/mol. The van der Waals surface area contributed by atoms with Crippen LogP contribution in [0.1, 0.15) is 44.4 Å². The van der Waals surface area contributed by atoms with Crippen LogP contribution in [0.25, 0.3) is 11.3 Å². The number of benzene rings is 1. The lowest BCUT2D eigenvalue weighted by atomic mass is 9.93. The highest BCUT2D eigenvalue weighted by atomic mass is 16.6. The Labute approximate surface area is 147 Å². The predicted molar refractivity (Wildman–Crippen MR) is 93.2 cm³/mol. The van der Waals surface area contributed by atoms with Crippen LogP contribution in [0, 0.1) is 0 Å². The van der Waals surface area contributed by atoms with Crippen LogP contribution in [0.2, 0.25) is 0 Å². The van der Waals surface area contributed by atoms with Gasteiger partial charge >= 0.3 is 6.09 Å². The molecule has 0 bridgehead atoms. The molecule has 1 amide bonds. The molecule has 1 atom stereocenters. The molecule has 2 aromatic rings. The zero-order valence-corrected chi connectivity index (χ0v) is 14.9. The molecule has 1 unspecified atom stereocenters. The van der Waals surface area contributed by atoms with E-state index in [9.17, 15) is 4.79 Å². The maximum atomic E-state index is 11.9. The zero-order valence-electron chi connectivity index (χ0n) is 14.9. The lowest BCUT2D eigenvalue weighted by Gasteiger charge is -2.23. The van der Waals surface area contributed by atoms with E-state index in [1.807, 2.05) is 39.0 Å². The number of alkyl carbamates (subject to hydrolysis) is 1. The Hall–Kier alpha value is -2.34. The van der Waals surface area contributed by atoms with E-state index in [1.54, 1.807) is 6.20 Å². The molecule has 6 nitrogen and oxygen atoms in total. The molecule has 0 fully saturated rings. The lowest BCUT2D eigenvalue weighted by Crippen LogP contribution is -2.35. The van der Waals surface area contributed by atoms with Crippen molar-refractivity contribution in [3.63, 3.8) is 0 Å². The van der Waals surface area contributed by atoms with Gasteiger partial charge < -0.3 is 19.2 Å². The first kappa shape index (κ1) is 17.5. The number of nitrogens with one attached hydrogen (secondary N) is 1. The zero-order chi connectivity index (χ0) is 17.9. The van der Waals surface area contributed by atoms with Crippen LogP contribution >= 0.6 is 0 Å². The van der Waals surface area contributed by atoms with Gasteiger partial charge in [0.2, 0.25) is 0 Å². The van der Waals surface area contributed by atoms with E-state index >= 15 is 0 Å². The van der Waals surface area contributed by atoms with Crippen LogP contribution in [0.5, 0.6) is 0 Å². The number of ether oxygens (including phenoxy) is 2. The molecule has 0 aliphatic carbocycles. The number of nitrogens with zero attached hydrogens (tertiary/aromatic N) is 1. The van der Waals surface area contributed by atoms with E-state index in [0.717, 1.165) is 29.7 Å². The highest BCUT2D eigenvalue weighted by Gasteiger charge is 2.24. The fourth-order valence-corrected chi connectivity index (χ4v) is 2.99. The highest BCUT2D eigenvalue weighted by molar-refractivity contribution is 5.68. The summed E-state index contributed by atoms with van der Waals surface area (Å²) in [5.41, 5.74) is 2.77. The highest BCUT2D eigenvalue weighted by Crippen LogP contribution is 2.33. The van der Waals surface area contributed by atoms with Gasteiger partial charge in [-0.3, -0.25) is 0 Å². The Morgan fingerprint density at radius 3 is 2.96 bits per heavy atom. The molecule has 0 spiro atoms. The van der Waals surface area contributed by atoms with Crippen molar-refractivity contribution in [2.24, 2.45) is 0 Å². The number of rotatable bonds is 3. The SMILES string of the molecule is CC(C)(C)OC(=O)NCC1OCCCc2c(-c3cnco3)cccc21. The Balaban J connectivity index is 1.79. The third-order valence-corrected chi connectivity index (χ3v) is 3.98. The number of amides is 1. The van der Waals surface area contributed by atoms with Crippen LogP contribution < -0.4 is 5.32 Å². The van der Waals surface area contributed by atoms with Gasteiger partial charge in [0.1, 0.15) is 11.7 Å².